The molecule has 3 rings (SSSR count). The summed E-state index contributed by atoms with van der Waals surface area (Å²) in [7, 11) is 0. The molecule has 5 nitrogen and oxygen atoms in total. The Morgan fingerprint density at radius 2 is 2.14 bits per heavy atom. The minimum absolute atomic E-state index is 0.249. The minimum atomic E-state index is 0.249. The molecule has 1 aromatic carbocycles. The van der Waals surface area contributed by atoms with Gasteiger partial charge < -0.3 is 10.2 Å². The quantitative estimate of drug-likeness (QED) is 0.871. The van der Waals surface area contributed by atoms with Gasteiger partial charge in [-0.05, 0) is 18.9 Å². The third-order valence-corrected chi connectivity index (χ3v) is 3.73. The molecule has 1 aliphatic rings. The van der Waals surface area contributed by atoms with Gasteiger partial charge in [0.25, 0.3) is 0 Å². The van der Waals surface area contributed by atoms with E-state index in [0.717, 1.165) is 30.6 Å². The molecule has 1 atom stereocenters. The van der Waals surface area contributed by atoms with Crippen LogP contribution in [0.3, 0.4) is 0 Å². The molecule has 1 saturated heterocycles. The maximum absolute atomic E-state index is 9.04. The summed E-state index contributed by atoms with van der Waals surface area (Å²) < 4.78 is 0. The Labute approximate surface area is 124 Å². The molecule has 21 heavy (non-hydrogen) atoms. The number of hydrogen-bond acceptors (Lipinski definition) is 5. The van der Waals surface area contributed by atoms with Crippen molar-refractivity contribution in [2.75, 3.05) is 18.4 Å². The zero-order valence-corrected chi connectivity index (χ0v) is 11.7. The average Bonchev–Trinajstić information content (AvgIpc) is 3.01. The molecule has 1 fully saturated rings. The molecular weight excluding hydrogens is 262 g/mol. The van der Waals surface area contributed by atoms with Crippen LogP contribution in [0.25, 0.3) is 11.3 Å². The molecule has 0 bridgehead atoms. The smallest absolute Gasteiger partial charge is 0.223 e. The first-order chi connectivity index (χ1) is 10.4. The molecule has 106 valence electrons. The van der Waals surface area contributed by atoms with E-state index in [1.165, 1.54) is 0 Å². The van der Waals surface area contributed by atoms with Crippen LogP contribution in [0.2, 0.25) is 0 Å². The molecule has 1 N–H and O–H groups in total. The van der Waals surface area contributed by atoms with Gasteiger partial charge in [0, 0.05) is 24.8 Å². The van der Waals surface area contributed by atoms with Gasteiger partial charge in [0.1, 0.15) is 0 Å². The summed E-state index contributed by atoms with van der Waals surface area (Å²) in [5, 5.41) is 12.3. The second-order valence-electron chi connectivity index (χ2n) is 5.10. The molecule has 0 aliphatic carbocycles. The summed E-state index contributed by atoms with van der Waals surface area (Å²) in [5.41, 5.74) is 1.97. The molecule has 0 spiro atoms. The molecule has 0 saturated carbocycles. The van der Waals surface area contributed by atoms with Crippen LogP contribution in [-0.4, -0.2) is 34.0 Å². The molecule has 0 radical (unpaired) electrons. The number of nitrogens with one attached hydrogen (secondary N) is 1. The molecule has 0 amide bonds. The Hall–Kier alpha value is -2.61. The lowest BCUT2D eigenvalue weighted by Gasteiger charge is -2.18. The number of benzene rings is 1. The summed E-state index contributed by atoms with van der Waals surface area (Å²) in [6.07, 6.45) is 6.11. The third kappa shape index (κ3) is 3.11. The van der Waals surface area contributed by atoms with Crippen molar-refractivity contribution in [1.82, 2.24) is 14.9 Å². The molecule has 2 aromatic rings. The number of nitriles is 1. The van der Waals surface area contributed by atoms with Crippen molar-refractivity contribution in [3.05, 3.63) is 42.6 Å². The molecule has 2 heterocycles. The predicted octanol–water partition coefficient (Wildman–Crippen LogP) is 2.50. The van der Waals surface area contributed by atoms with Gasteiger partial charge in [0.15, 0.2) is 6.19 Å². The first-order valence-corrected chi connectivity index (χ1v) is 7.15. The number of hydrogen-bond donors (Lipinski definition) is 1. The van der Waals surface area contributed by atoms with Crippen molar-refractivity contribution < 1.29 is 0 Å². The Kier molecular flexibility index (Phi) is 3.97. The van der Waals surface area contributed by atoms with Gasteiger partial charge in [0.05, 0.1) is 11.7 Å². The fraction of sp³-hybridized carbons (Fsp3) is 0.312. The first kappa shape index (κ1) is 13.4. The minimum Gasteiger partial charge on any atom is -0.352 e. The Balaban J connectivity index is 1.68. The molecule has 1 aromatic heterocycles. The predicted molar refractivity (Wildman–Crippen MR) is 81.3 cm³/mol. The van der Waals surface area contributed by atoms with Crippen molar-refractivity contribution in [2.24, 2.45) is 0 Å². The van der Waals surface area contributed by atoms with E-state index in [1.54, 1.807) is 6.20 Å². The van der Waals surface area contributed by atoms with Crippen LogP contribution in [-0.2, 0) is 0 Å². The van der Waals surface area contributed by atoms with Crippen molar-refractivity contribution in [1.29, 1.82) is 5.26 Å². The summed E-state index contributed by atoms with van der Waals surface area (Å²) in [6, 6.07) is 12.2. The van der Waals surface area contributed by atoms with Gasteiger partial charge in [-0.1, -0.05) is 30.3 Å². The lowest BCUT2D eigenvalue weighted by molar-refractivity contribution is 0.377. The highest BCUT2D eigenvalue weighted by Gasteiger charge is 2.23. The second-order valence-corrected chi connectivity index (χ2v) is 5.10. The van der Waals surface area contributed by atoms with E-state index in [2.05, 4.69) is 21.5 Å². The van der Waals surface area contributed by atoms with Crippen LogP contribution in [0.15, 0.2) is 42.6 Å². The van der Waals surface area contributed by atoms with Crippen molar-refractivity contribution in [3.8, 4) is 17.5 Å². The average molecular weight is 279 g/mol. The maximum Gasteiger partial charge on any atom is 0.223 e. The highest BCUT2D eigenvalue weighted by atomic mass is 15.2. The van der Waals surface area contributed by atoms with Crippen LogP contribution >= 0.6 is 0 Å². The van der Waals surface area contributed by atoms with E-state index in [4.69, 9.17) is 5.26 Å². The van der Waals surface area contributed by atoms with E-state index >= 15 is 0 Å². The fourth-order valence-corrected chi connectivity index (χ4v) is 2.60. The van der Waals surface area contributed by atoms with Crippen molar-refractivity contribution >= 4 is 5.95 Å². The lowest BCUT2D eigenvalue weighted by Crippen LogP contribution is -2.31. The maximum atomic E-state index is 9.04. The highest BCUT2D eigenvalue weighted by molar-refractivity contribution is 5.59. The topological polar surface area (TPSA) is 64.8 Å². The molecule has 5 heteroatoms. The standard InChI is InChI=1S/C16H17N5/c17-12-21-10-4-7-14(21)11-19-16-18-9-8-15(20-16)13-5-2-1-3-6-13/h1-3,5-6,8-9,14H,4,7,10-11H2,(H,18,19,20)/t14-/m0/s1. The van der Waals surface area contributed by atoms with Gasteiger partial charge in [0.2, 0.25) is 5.95 Å². The number of anilines is 1. The number of likely N-dealkylation sites (tertiary alicyclic amines) is 1. The van der Waals surface area contributed by atoms with E-state index in [-0.39, 0.29) is 6.04 Å². The van der Waals surface area contributed by atoms with Gasteiger partial charge in [-0.15, -0.1) is 0 Å². The van der Waals surface area contributed by atoms with Gasteiger partial charge >= 0.3 is 0 Å². The number of rotatable bonds is 4. The van der Waals surface area contributed by atoms with Crippen LogP contribution < -0.4 is 5.32 Å². The Bertz CT molecular complexity index is 635. The summed E-state index contributed by atoms with van der Waals surface area (Å²) in [6.45, 7) is 1.56. The molecular formula is C16H17N5. The van der Waals surface area contributed by atoms with E-state index in [1.807, 2.05) is 41.3 Å². The van der Waals surface area contributed by atoms with Crippen LogP contribution in [0.1, 0.15) is 12.8 Å². The van der Waals surface area contributed by atoms with E-state index in [9.17, 15) is 0 Å². The fourth-order valence-electron chi connectivity index (χ4n) is 2.60. The zero-order chi connectivity index (χ0) is 14.5. The van der Waals surface area contributed by atoms with Gasteiger partial charge in [-0.25, -0.2) is 9.97 Å². The molecule has 0 unspecified atom stereocenters. The van der Waals surface area contributed by atoms with Gasteiger partial charge in [-0.2, -0.15) is 5.26 Å². The van der Waals surface area contributed by atoms with Gasteiger partial charge in [-0.3, -0.25) is 0 Å². The Morgan fingerprint density at radius 3 is 2.95 bits per heavy atom. The largest absolute Gasteiger partial charge is 0.352 e. The van der Waals surface area contributed by atoms with Crippen LogP contribution in [0, 0.1) is 11.5 Å². The second kappa shape index (κ2) is 6.23. The van der Waals surface area contributed by atoms with Crippen LogP contribution in [0.4, 0.5) is 5.95 Å². The molecule has 1 aliphatic heterocycles. The lowest BCUT2D eigenvalue weighted by atomic mass is 10.1. The summed E-state index contributed by atoms with van der Waals surface area (Å²) in [5.74, 6) is 0.612. The first-order valence-electron chi connectivity index (χ1n) is 7.15. The normalized spacial score (nSPS) is 17.5. The number of nitrogens with zero attached hydrogens (tertiary/aromatic N) is 4. The monoisotopic (exact) mass is 279 g/mol. The van der Waals surface area contributed by atoms with E-state index in [0.29, 0.717) is 12.5 Å². The summed E-state index contributed by atoms with van der Waals surface area (Å²) >= 11 is 0. The SMILES string of the molecule is N#CN1CCC[C@H]1CNc1nccc(-c2ccccc2)n1. The van der Waals surface area contributed by atoms with Crippen molar-refractivity contribution in [2.45, 2.75) is 18.9 Å². The van der Waals surface area contributed by atoms with Crippen LogP contribution in [0.5, 0.6) is 0 Å². The Morgan fingerprint density at radius 1 is 1.29 bits per heavy atom. The number of aromatic nitrogens is 2. The zero-order valence-electron chi connectivity index (χ0n) is 11.7. The van der Waals surface area contributed by atoms with E-state index < -0.39 is 0 Å². The highest BCUT2D eigenvalue weighted by Crippen LogP contribution is 2.18. The third-order valence-electron chi connectivity index (χ3n) is 3.73. The summed E-state index contributed by atoms with van der Waals surface area (Å²) in [4.78, 5) is 10.6. The van der Waals surface area contributed by atoms with Crippen molar-refractivity contribution in [3.63, 3.8) is 0 Å².